The first-order valence-corrected chi connectivity index (χ1v) is 4.90. The van der Waals surface area contributed by atoms with Gasteiger partial charge in [0.1, 0.15) is 5.82 Å². The lowest BCUT2D eigenvalue weighted by Crippen LogP contribution is -1.93. The van der Waals surface area contributed by atoms with Crippen LogP contribution in [-0.4, -0.2) is 12.0 Å². The van der Waals surface area contributed by atoms with Crippen molar-refractivity contribution >= 4 is 39.8 Å². The van der Waals surface area contributed by atoms with Crippen molar-refractivity contribution in [3.8, 4) is 0 Å². The summed E-state index contributed by atoms with van der Waals surface area (Å²) in [4.78, 5) is 4.17. The lowest BCUT2D eigenvalue weighted by atomic mass is 10.1. The predicted molar refractivity (Wildman–Crippen MR) is 61.3 cm³/mol. The van der Waals surface area contributed by atoms with E-state index < -0.39 is 0 Å². The number of nitrogens with zero attached hydrogens (tertiary/aromatic N) is 1. The average Bonchev–Trinajstić information content (AvgIpc) is 2.23. The van der Waals surface area contributed by atoms with Crippen molar-refractivity contribution in [3.63, 3.8) is 0 Å². The van der Waals surface area contributed by atoms with Crippen molar-refractivity contribution in [3.05, 3.63) is 34.4 Å². The van der Waals surface area contributed by atoms with E-state index in [0.29, 0.717) is 10.0 Å². The minimum absolute atomic E-state index is 0.654. The topological polar surface area (TPSA) is 24.9 Å². The highest BCUT2D eigenvalue weighted by Crippen LogP contribution is 2.33. The van der Waals surface area contributed by atoms with Crippen molar-refractivity contribution in [2.45, 2.75) is 0 Å². The largest absolute Gasteiger partial charge is 0.373 e. The molecule has 1 aromatic heterocycles. The van der Waals surface area contributed by atoms with Crippen LogP contribution in [0.15, 0.2) is 24.4 Å². The standard InChI is InChI=1S/C10H8Cl2N2/c1-13-10-9-6(4-5-14-10)7(11)2-3-8(9)12/h2-5H,1H3,(H,13,14). The van der Waals surface area contributed by atoms with Crippen LogP contribution in [0.2, 0.25) is 10.0 Å². The highest BCUT2D eigenvalue weighted by atomic mass is 35.5. The maximum Gasteiger partial charge on any atom is 0.135 e. The molecule has 0 amide bonds. The summed E-state index contributed by atoms with van der Waals surface area (Å²) in [6.07, 6.45) is 1.70. The van der Waals surface area contributed by atoms with Crippen LogP contribution in [0.4, 0.5) is 5.82 Å². The van der Waals surface area contributed by atoms with Gasteiger partial charge in [-0.25, -0.2) is 4.98 Å². The van der Waals surface area contributed by atoms with E-state index in [2.05, 4.69) is 10.3 Å². The van der Waals surface area contributed by atoms with Crippen molar-refractivity contribution < 1.29 is 0 Å². The molecule has 2 nitrogen and oxygen atoms in total. The minimum Gasteiger partial charge on any atom is -0.373 e. The number of aromatic nitrogens is 1. The summed E-state index contributed by atoms with van der Waals surface area (Å²) in [6.45, 7) is 0. The molecule has 14 heavy (non-hydrogen) atoms. The van der Waals surface area contributed by atoms with Crippen molar-refractivity contribution in [2.24, 2.45) is 0 Å². The van der Waals surface area contributed by atoms with E-state index in [9.17, 15) is 0 Å². The Balaban J connectivity index is 2.92. The van der Waals surface area contributed by atoms with Crippen LogP contribution in [-0.2, 0) is 0 Å². The van der Waals surface area contributed by atoms with Gasteiger partial charge in [-0.1, -0.05) is 23.2 Å². The number of benzene rings is 1. The molecule has 0 aliphatic heterocycles. The molecule has 0 spiro atoms. The van der Waals surface area contributed by atoms with E-state index in [1.807, 2.05) is 6.07 Å². The first-order valence-electron chi connectivity index (χ1n) is 4.14. The molecule has 0 unspecified atom stereocenters. The smallest absolute Gasteiger partial charge is 0.135 e. The Kier molecular flexibility index (Phi) is 2.48. The van der Waals surface area contributed by atoms with E-state index in [-0.39, 0.29) is 0 Å². The number of hydrogen-bond acceptors (Lipinski definition) is 2. The maximum absolute atomic E-state index is 6.07. The molecule has 1 N–H and O–H groups in total. The van der Waals surface area contributed by atoms with Gasteiger partial charge in [0.05, 0.1) is 5.02 Å². The molecular formula is C10H8Cl2N2. The molecule has 4 heteroatoms. The second-order valence-electron chi connectivity index (χ2n) is 2.86. The second-order valence-corrected chi connectivity index (χ2v) is 3.68. The van der Waals surface area contributed by atoms with Crippen molar-refractivity contribution in [1.29, 1.82) is 0 Å². The molecule has 0 atom stereocenters. The molecule has 0 aliphatic rings. The molecule has 2 aromatic rings. The van der Waals surface area contributed by atoms with Gasteiger partial charge in [-0.05, 0) is 18.2 Å². The summed E-state index contributed by atoms with van der Waals surface area (Å²) in [5.74, 6) is 0.745. The first kappa shape index (κ1) is 9.56. The van der Waals surface area contributed by atoms with Gasteiger partial charge in [0.2, 0.25) is 0 Å². The Morgan fingerprint density at radius 1 is 1.14 bits per heavy atom. The van der Waals surface area contributed by atoms with Crippen LogP contribution < -0.4 is 5.32 Å². The zero-order chi connectivity index (χ0) is 10.1. The van der Waals surface area contributed by atoms with Crippen LogP contribution in [0.25, 0.3) is 10.8 Å². The monoisotopic (exact) mass is 226 g/mol. The zero-order valence-electron chi connectivity index (χ0n) is 7.51. The quantitative estimate of drug-likeness (QED) is 0.805. The van der Waals surface area contributed by atoms with Gasteiger partial charge in [0.15, 0.2) is 0 Å². The number of hydrogen-bond donors (Lipinski definition) is 1. The van der Waals surface area contributed by atoms with Gasteiger partial charge in [-0.2, -0.15) is 0 Å². The summed E-state index contributed by atoms with van der Waals surface area (Å²) < 4.78 is 0. The number of pyridine rings is 1. The highest BCUT2D eigenvalue weighted by Gasteiger charge is 2.07. The molecule has 72 valence electrons. The normalized spacial score (nSPS) is 10.5. The molecule has 0 radical (unpaired) electrons. The summed E-state index contributed by atoms with van der Waals surface area (Å²) in [7, 11) is 1.80. The molecule has 0 aliphatic carbocycles. The number of halogens is 2. The number of fused-ring (bicyclic) bond motifs is 1. The molecule has 0 bridgehead atoms. The van der Waals surface area contributed by atoms with Gasteiger partial charge in [0, 0.05) is 29.0 Å². The van der Waals surface area contributed by atoms with Gasteiger partial charge in [-0.15, -0.1) is 0 Å². The summed E-state index contributed by atoms with van der Waals surface area (Å²) in [5.41, 5.74) is 0. The van der Waals surface area contributed by atoms with Crippen LogP contribution in [0.1, 0.15) is 0 Å². The minimum atomic E-state index is 0.654. The third-order valence-electron chi connectivity index (χ3n) is 2.06. The summed E-state index contributed by atoms with van der Waals surface area (Å²) >= 11 is 12.1. The van der Waals surface area contributed by atoms with E-state index >= 15 is 0 Å². The van der Waals surface area contributed by atoms with E-state index in [1.54, 1.807) is 25.4 Å². The Morgan fingerprint density at radius 2 is 1.86 bits per heavy atom. The SMILES string of the molecule is CNc1nccc2c(Cl)ccc(Cl)c12. The van der Waals surface area contributed by atoms with Crippen molar-refractivity contribution in [2.75, 3.05) is 12.4 Å². The number of rotatable bonds is 1. The lowest BCUT2D eigenvalue weighted by molar-refractivity contribution is 1.32. The molecule has 2 rings (SSSR count). The number of nitrogens with one attached hydrogen (secondary N) is 1. The van der Waals surface area contributed by atoms with Gasteiger partial charge < -0.3 is 5.32 Å². The average molecular weight is 227 g/mol. The van der Waals surface area contributed by atoms with Gasteiger partial charge >= 0.3 is 0 Å². The lowest BCUT2D eigenvalue weighted by Gasteiger charge is -2.07. The van der Waals surface area contributed by atoms with E-state index in [4.69, 9.17) is 23.2 Å². The van der Waals surface area contributed by atoms with Gasteiger partial charge in [-0.3, -0.25) is 0 Å². The Hall–Kier alpha value is -0.990. The molecular weight excluding hydrogens is 219 g/mol. The molecule has 1 aromatic carbocycles. The van der Waals surface area contributed by atoms with Crippen molar-refractivity contribution in [1.82, 2.24) is 4.98 Å². The third kappa shape index (κ3) is 1.41. The van der Waals surface area contributed by atoms with Crippen LogP contribution in [0, 0.1) is 0 Å². The molecule has 0 saturated heterocycles. The Bertz CT molecular complexity index is 483. The predicted octanol–water partition coefficient (Wildman–Crippen LogP) is 3.58. The molecule has 0 fully saturated rings. The van der Waals surface area contributed by atoms with E-state index in [1.165, 1.54) is 0 Å². The van der Waals surface area contributed by atoms with E-state index in [0.717, 1.165) is 16.6 Å². The van der Waals surface area contributed by atoms with Gasteiger partial charge in [0.25, 0.3) is 0 Å². The fourth-order valence-electron chi connectivity index (χ4n) is 1.41. The third-order valence-corrected chi connectivity index (χ3v) is 2.70. The van der Waals surface area contributed by atoms with Crippen LogP contribution >= 0.6 is 23.2 Å². The Labute approximate surface area is 91.9 Å². The number of anilines is 1. The summed E-state index contributed by atoms with van der Waals surface area (Å²) in [6, 6.07) is 5.41. The molecule has 1 heterocycles. The fraction of sp³-hybridized carbons (Fsp3) is 0.100. The maximum atomic E-state index is 6.07. The Morgan fingerprint density at radius 3 is 2.57 bits per heavy atom. The molecule has 0 saturated carbocycles. The van der Waals surface area contributed by atoms with Crippen LogP contribution in [0.3, 0.4) is 0 Å². The second kappa shape index (κ2) is 3.64. The van der Waals surface area contributed by atoms with Crippen LogP contribution in [0.5, 0.6) is 0 Å². The zero-order valence-corrected chi connectivity index (χ0v) is 9.02. The fourth-order valence-corrected chi connectivity index (χ4v) is 1.89. The highest BCUT2D eigenvalue weighted by molar-refractivity contribution is 6.41. The first-order chi connectivity index (χ1) is 6.74. The summed E-state index contributed by atoms with van der Waals surface area (Å²) in [5, 5.41) is 6.10.